The molecule has 1 aromatic heterocycles. The molecule has 0 amide bonds. The first-order valence-electron chi connectivity index (χ1n) is 6.71. The Bertz CT molecular complexity index is 868. The van der Waals surface area contributed by atoms with Crippen molar-refractivity contribution in [2.45, 2.75) is 6.92 Å². The zero-order chi connectivity index (χ0) is 15.7. The number of benzene rings is 2. The molecule has 1 heterocycles. The highest BCUT2D eigenvalue weighted by Gasteiger charge is 2.08. The van der Waals surface area contributed by atoms with Crippen LogP contribution < -0.4 is 5.32 Å². The molecule has 0 spiro atoms. The Balaban J connectivity index is 0.00000144. The summed E-state index contributed by atoms with van der Waals surface area (Å²) in [5, 5.41) is 13.7. The van der Waals surface area contributed by atoms with Gasteiger partial charge >= 0.3 is 5.97 Å². The molecule has 3 rings (SSSR count). The molecule has 0 fully saturated rings. The first-order valence-corrected chi connectivity index (χ1v) is 7.08. The van der Waals surface area contributed by atoms with Gasteiger partial charge in [-0.05, 0) is 43.3 Å². The largest absolute Gasteiger partial charge is 0.478 e. The topological polar surface area (TPSA) is 62.2 Å². The Morgan fingerprint density at radius 1 is 1.12 bits per heavy atom. The maximum Gasteiger partial charge on any atom is 0.335 e. The van der Waals surface area contributed by atoms with Gasteiger partial charge in [0, 0.05) is 22.5 Å². The molecule has 0 aliphatic rings. The van der Waals surface area contributed by atoms with Crippen molar-refractivity contribution in [1.82, 2.24) is 4.98 Å². The van der Waals surface area contributed by atoms with Crippen LogP contribution in [0.1, 0.15) is 16.1 Å². The second kappa shape index (κ2) is 8.20. The van der Waals surface area contributed by atoms with Gasteiger partial charge in [0.15, 0.2) is 0 Å². The fraction of sp³-hybridized carbons (Fsp3) is 0.0588. The van der Waals surface area contributed by atoms with E-state index in [-0.39, 0.29) is 30.4 Å². The van der Waals surface area contributed by atoms with Crippen LogP contribution in [0.25, 0.3) is 10.9 Å². The van der Waals surface area contributed by atoms with E-state index in [0.717, 1.165) is 28.0 Å². The van der Waals surface area contributed by atoms with Crippen molar-refractivity contribution in [3.8, 4) is 0 Å². The van der Waals surface area contributed by atoms with Crippen LogP contribution in [0.2, 0.25) is 5.02 Å². The van der Waals surface area contributed by atoms with Crippen molar-refractivity contribution in [2.75, 3.05) is 5.32 Å². The van der Waals surface area contributed by atoms with E-state index in [1.54, 1.807) is 24.3 Å². The van der Waals surface area contributed by atoms with Crippen molar-refractivity contribution < 1.29 is 9.90 Å². The summed E-state index contributed by atoms with van der Waals surface area (Å²) in [5.41, 5.74) is 3.54. The van der Waals surface area contributed by atoms with Crippen LogP contribution in [0.15, 0.2) is 48.5 Å². The number of aromatic carboxylic acids is 1. The highest BCUT2D eigenvalue weighted by molar-refractivity contribution is 6.35. The van der Waals surface area contributed by atoms with Crippen LogP contribution >= 0.6 is 36.4 Å². The average molecular weight is 386 g/mol. The Morgan fingerprint density at radius 3 is 2.42 bits per heavy atom. The molecule has 0 atom stereocenters. The number of hydrogen-bond donors (Lipinski definition) is 2. The Labute approximate surface area is 156 Å². The normalized spacial score (nSPS) is 9.75. The smallest absolute Gasteiger partial charge is 0.335 e. The van der Waals surface area contributed by atoms with E-state index in [4.69, 9.17) is 16.7 Å². The maximum absolute atomic E-state index is 10.9. The second-order valence-electron chi connectivity index (χ2n) is 4.95. The number of aryl methyl sites for hydroxylation is 1. The average Bonchev–Trinajstić information content (AvgIpc) is 2.49. The van der Waals surface area contributed by atoms with Gasteiger partial charge in [-0.1, -0.05) is 23.7 Å². The SMILES string of the molecule is Cc1cc(Nc2ccc(C(=O)O)cc2)c2cccc(Cl)c2n1.Cl.Cl. The van der Waals surface area contributed by atoms with Crippen molar-refractivity contribution in [1.29, 1.82) is 0 Å². The molecule has 24 heavy (non-hydrogen) atoms. The van der Waals surface area contributed by atoms with Crippen LogP contribution in [0.5, 0.6) is 0 Å². The van der Waals surface area contributed by atoms with E-state index in [0.29, 0.717) is 5.02 Å². The van der Waals surface area contributed by atoms with Crippen LogP contribution in [-0.4, -0.2) is 16.1 Å². The summed E-state index contributed by atoms with van der Waals surface area (Å²) in [5.74, 6) is -0.941. The Kier molecular flexibility index (Phi) is 6.84. The Morgan fingerprint density at radius 2 is 1.79 bits per heavy atom. The van der Waals surface area contributed by atoms with Gasteiger partial charge in [0.25, 0.3) is 0 Å². The number of carbonyl (C=O) groups is 1. The number of rotatable bonds is 3. The van der Waals surface area contributed by atoms with Crippen molar-refractivity contribution in [3.63, 3.8) is 0 Å². The van der Waals surface area contributed by atoms with Gasteiger partial charge in [-0.15, -0.1) is 24.8 Å². The third-order valence-electron chi connectivity index (χ3n) is 3.33. The van der Waals surface area contributed by atoms with Gasteiger partial charge in [0.2, 0.25) is 0 Å². The van der Waals surface area contributed by atoms with Crippen molar-refractivity contribution in [3.05, 3.63) is 64.8 Å². The molecule has 7 heteroatoms. The third kappa shape index (κ3) is 4.09. The number of anilines is 2. The molecule has 3 aromatic rings. The zero-order valence-electron chi connectivity index (χ0n) is 12.6. The minimum absolute atomic E-state index is 0. The van der Waals surface area contributed by atoms with E-state index in [1.165, 1.54) is 0 Å². The molecular weight excluding hydrogens is 371 g/mol. The van der Waals surface area contributed by atoms with Gasteiger partial charge in [0.1, 0.15) is 0 Å². The summed E-state index contributed by atoms with van der Waals surface area (Å²) < 4.78 is 0. The molecule has 2 aromatic carbocycles. The molecule has 0 unspecified atom stereocenters. The number of hydrogen-bond acceptors (Lipinski definition) is 3. The predicted molar refractivity (Wildman–Crippen MR) is 103 cm³/mol. The highest BCUT2D eigenvalue weighted by atomic mass is 35.5. The van der Waals surface area contributed by atoms with E-state index in [9.17, 15) is 4.79 Å². The first kappa shape index (κ1) is 20.0. The quantitative estimate of drug-likeness (QED) is 0.626. The van der Waals surface area contributed by atoms with Crippen LogP contribution in [0, 0.1) is 6.92 Å². The van der Waals surface area contributed by atoms with Gasteiger partial charge in [-0.2, -0.15) is 0 Å². The maximum atomic E-state index is 10.9. The van der Waals surface area contributed by atoms with Crippen molar-refractivity contribution in [2.24, 2.45) is 0 Å². The lowest BCUT2D eigenvalue weighted by molar-refractivity contribution is 0.0697. The molecule has 126 valence electrons. The number of carboxylic acid groups (broad SMARTS) is 1. The molecule has 0 radical (unpaired) electrons. The van der Waals surface area contributed by atoms with E-state index >= 15 is 0 Å². The van der Waals surface area contributed by atoms with E-state index in [1.807, 2.05) is 31.2 Å². The van der Waals surface area contributed by atoms with Crippen LogP contribution in [-0.2, 0) is 0 Å². The fourth-order valence-electron chi connectivity index (χ4n) is 2.30. The molecule has 0 saturated carbocycles. The molecule has 0 saturated heterocycles. The first-order chi connectivity index (χ1) is 10.5. The minimum atomic E-state index is -0.941. The number of carboxylic acids is 1. The summed E-state index contributed by atoms with van der Waals surface area (Å²) >= 11 is 6.20. The lowest BCUT2D eigenvalue weighted by Gasteiger charge is -2.11. The molecule has 0 aliphatic carbocycles. The number of halogens is 3. The van der Waals surface area contributed by atoms with Gasteiger partial charge in [-0.25, -0.2) is 4.79 Å². The number of para-hydroxylation sites is 1. The summed E-state index contributed by atoms with van der Waals surface area (Å²) in [7, 11) is 0. The van der Waals surface area contributed by atoms with E-state index in [2.05, 4.69) is 10.3 Å². The van der Waals surface area contributed by atoms with E-state index < -0.39 is 5.97 Å². The van der Waals surface area contributed by atoms with Crippen LogP contribution in [0.3, 0.4) is 0 Å². The Hall–Kier alpha value is -2.01. The van der Waals surface area contributed by atoms with Crippen LogP contribution in [0.4, 0.5) is 11.4 Å². The summed E-state index contributed by atoms with van der Waals surface area (Å²) in [6, 6.07) is 14.2. The molecule has 0 bridgehead atoms. The predicted octanol–water partition coefficient (Wildman–Crippen LogP) is 5.48. The lowest BCUT2D eigenvalue weighted by Crippen LogP contribution is -1.98. The standard InChI is InChI=1S/C17H13ClN2O2.2ClH/c1-10-9-15(13-3-2-4-14(18)16(13)19-10)20-12-7-5-11(6-8-12)17(21)22;;/h2-9H,1H3,(H,19,20)(H,21,22);2*1H. The van der Waals surface area contributed by atoms with Crippen molar-refractivity contribution >= 4 is 64.7 Å². The summed E-state index contributed by atoms with van der Waals surface area (Å²) in [6.45, 7) is 1.90. The summed E-state index contributed by atoms with van der Waals surface area (Å²) in [4.78, 5) is 15.3. The second-order valence-corrected chi connectivity index (χ2v) is 5.36. The molecular formula is C17H15Cl3N2O2. The number of aromatic nitrogens is 1. The van der Waals surface area contributed by atoms with Gasteiger partial charge < -0.3 is 10.4 Å². The minimum Gasteiger partial charge on any atom is -0.478 e. The number of nitrogens with zero attached hydrogens (tertiary/aromatic N) is 1. The molecule has 2 N–H and O–H groups in total. The molecule has 4 nitrogen and oxygen atoms in total. The third-order valence-corrected chi connectivity index (χ3v) is 3.63. The number of nitrogens with one attached hydrogen (secondary N) is 1. The van der Waals surface area contributed by atoms with Gasteiger partial charge in [-0.3, -0.25) is 4.98 Å². The molecule has 0 aliphatic heterocycles. The van der Waals surface area contributed by atoms with Gasteiger partial charge in [0.05, 0.1) is 16.1 Å². The lowest BCUT2D eigenvalue weighted by atomic mass is 10.1. The number of fused-ring (bicyclic) bond motifs is 1. The monoisotopic (exact) mass is 384 g/mol. The number of pyridine rings is 1. The zero-order valence-corrected chi connectivity index (χ0v) is 15.0. The highest BCUT2D eigenvalue weighted by Crippen LogP contribution is 2.30. The summed E-state index contributed by atoms with van der Waals surface area (Å²) in [6.07, 6.45) is 0. The fourth-order valence-corrected chi connectivity index (χ4v) is 2.51.